The molecule has 148 valence electrons. The molecule has 1 aliphatic rings. The lowest BCUT2D eigenvalue weighted by atomic mass is 10.2. The first-order valence-corrected chi connectivity index (χ1v) is 9.16. The quantitative estimate of drug-likeness (QED) is 0.471. The number of hydrogen-bond donors (Lipinski definition) is 0. The molecule has 4 rings (SSSR count). The van der Waals surface area contributed by atoms with Crippen LogP contribution in [0, 0.1) is 22.9 Å². The topological polar surface area (TPSA) is 94.2 Å². The Morgan fingerprint density at radius 1 is 1.28 bits per heavy atom. The monoisotopic (exact) mass is 395 g/mol. The Kier molecular flexibility index (Phi) is 4.79. The summed E-state index contributed by atoms with van der Waals surface area (Å²) >= 11 is 0. The standard InChI is InChI=1S/C20H18FN5O3/c1-13-19(22-23-25(13)17-3-2-4-18(11-17)26(28)29)20(27)24(16-9-10-16)12-14-5-7-15(21)8-6-14/h2-8,11,16H,9-10,12H2,1H3. The number of hydrogen-bond acceptors (Lipinski definition) is 5. The first kappa shape index (κ1) is 18.7. The molecular formula is C20H18FN5O3. The fraction of sp³-hybridized carbons (Fsp3) is 0.250. The summed E-state index contributed by atoms with van der Waals surface area (Å²) in [6.07, 6.45) is 1.82. The van der Waals surface area contributed by atoms with Gasteiger partial charge in [0.15, 0.2) is 5.69 Å². The fourth-order valence-corrected chi connectivity index (χ4v) is 3.19. The number of benzene rings is 2. The van der Waals surface area contributed by atoms with Crippen LogP contribution in [-0.2, 0) is 6.54 Å². The van der Waals surface area contributed by atoms with E-state index in [0.29, 0.717) is 17.9 Å². The van der Waals surface area contributed by atoms with Crippen LogP contribution in [-0.4, -0.2) is 36.8 Å². The van der Waals surface area contributed by atoms with E-state index in [9.17, 15) is 19.3 Å². The van der Waals surface area contributed by atoms with Crippen LogP contribution in [0.15, 0.2) is 48.5 Å². The van der Waals surface area contributed by atoms with Crippen LogP contribution in [0.3, 0.4) is 0 Å². The van der Waals surface area contributed by atoms with Gasteiger partial charge in [-0.3, -0.25) is 14.9 Å². The van der Waals surface area contributed by atoms with Crippen molar-refractivity contribution in [3.05, 3.63) is 81.4 Å². The first-order chi connectivity index (χ1) is 13.9. The van der Waals surface area contributed by atoms with Crippen LogP contribution in [0.5, 0.6) is 0 Å². The van der Waals surface area contributed by atoms with Gasteiger partial charge in [0, 0.05) is 24.7 Å². The third-order valence-corrected chi connectivity index (χ3v) is 4.90. The zero-order valence-electron chi connectivity index (χ0n) is 15.7. The zero-order valence-corrected chi connectivity index (χ0v) is 15.7. The third kappa shape index (κ3) is 3.84. The maximum absolute atomic E-state index is 13.2. The second kappa shape index (κ2) is 7.42. The molecule has 0 spiro atoms. The minimum atomic E-state index is -0.487. The molecule has 0 aliphatic heterocycles. The minimum absolute atomic E-state index is 0.0683. The molecule has 0 bridgehead atoms. The Morgan fingerprint density at radius 2 is 2.00 bits per heavy atom. The molecule has 0 radical (unpaired) electrons. The van der Waals surface area contributed by atoms with Crippen molar-refractivity contribution in [1.82, 2.24) is 19.9 Å². The maximum atomic E-state index is 13.2. The molecule has 0 N–H and O–H groups in total. The maximum Gasteiger partial charge on any atom is 0.276 e. The Morgan fingerprint density at radius 3 is 2.66 bits per heavy atom. The van der Waals surface area contributed by atoms with E-state index in [1.54, 1.807) is 36.1 Å². The van der Waals surface area contributed by atoms with Crippen molar-refractivity contribution in [2.45, 2.75) is 32.4 Å². The van der Waals surface area contributed by atoms with Crippen molar-refractivity contribution in [3.8, 4) is 5.69 Å². The van der Waals surface area contributed by atoms with Gasteiger partial charge in [0.05, 0.1) is 16.3 Å². The lowest BCUT2D eigenvalue weighted by Gasteiger charge is -2.21. The summed E-state index contributed by atoms with van der Waals surface area (Å²) in [7, 11) is 0. The number of carbonyl (C=O) groups excluding carboxylic acids is 1. The van der Waals surface area contributed by atoms with Crippen LogP contribution in [0.4, 0.5) is 10.1 Å². The molecule has 2 aromatic carbocycles. The van der Waals surface area contributed by atoms with Crippen molar-refractivity contribution in [3.63, 3.8) is 0 Å². The van der Waals surface area contributed by atoms with Crippen LogP contribution in [0.2, 0.25) is 0 Å². The number of nitro benzene ring substituents is 1. The van der Waals surface area contributed by atoms with E-state index in [0.717, 1.165) is 18.4 Å². The highest BCUT2D eigenvalue weighted by molar-refractivity contribution is 5.93. The van der Waals surface area contributed by atoms with Crippen molar-refractivity contribution >= 4 is 11.6 Å². The van der Waals surface area contributed by atoms with Crippen LogP contribution in [0.1, 0.15) is 34.6 Å². The van der Waals surface area contributed by atoms with Crippen molar-refractivity contribution in [2.24, 2.45) is 0 Å². The zero-order chi connectivity index (χ0) is 20.5. The lowest BCUT2D eigenvalue weighted by Crippen LogP contribution is -2.33. The predicted octanol–water partition coefficient (Wildman–Crippen LogP) is 3.43. The number of nitrogens with zero attached hydrogens (tertiary/aromatic N) is 5. The second-order valence-corrected chi connectivity index (χ2v) is 7.00. The molecule has 1 aromatic heterocycles. The highest BCUT2D eigenvalue weighted by Crippen LogP contribution is 2.30. The van der Waals surface area contributed by atoms with E-state index < -0.39 is 4.92 Å². The Bertz CT molecular complexity index is 1080. The molecule has 0 unspecified atom stereocenters. The second-order valence-electron chi connectivity index (χ2n) is 7.00. The molecule has 0 saturated heterocycles. The molecule has 1 amide bonds. The number of amides is 1. The smallest absolute Gasteiger partial charge is 0.276 e. The summed E-state index contributed by atoms with van der Waals surface area (Å²) in [6, 6.07) is 12.2. The Hall–Kier alpha value is -3.62. The summed E-state index contributed by atoms with van der Waals surface area (Å²) in [5, 5.41) is 19.1. The average Bonchev–Trinajstić information content (AvgIpc) is 3.48. The molecular weight excluding hydrogens is 377 g/mol. The summed E-state index contributed by atoms with van der Waals surface area (Å²) in [5.74, 6) is -0.584. The van der Waals surface area contributed by atoms with Crippen molar-refractivity contribution in [2.75, 3.05) is 0 Å². The number of aromatic nitrogens is 3. The van der Waals surface area contributed by atoms with E-state index >= 15 is 0 Å². The predicted molar refractivity (Wildman–Crippen MR) is 102 cm³/mol. The van der Waals surface area contributed by atoms with Gasteiger partial charge in [-0.15, -0.1) is 5.10 Å². The van der Waals surface area contributed by atoms with E-state index in [-0.39, 0.29) is 29.1 Å². The molecule has 9 heteroatoms. The summed E-state index contributed by atoms with van der Waals surface area (Å²) in [5.41, 5.74) is 1.92. The van der Waals surface area contributed by atoms with E-state index in [4.69, 9.17) is 0 Å². The average molecular weight is 395 g/mol. The molecule has 3 aromatic rings. The summed E-state index contributed by atoms with van der Waals surface area (Å²) in [6.45, 7) is 2.06. The number of carbonyl (C=O) groups is 1. The number of rotatable bonds is 6. The molecule has 1 aliphatic carbocycles. The molecule has 29 heavy (non-hydrogen) atoms. The normalized spacial score (nSPS) is 13.3. The van der Waals surface area contributed by atoms with E-state index in [1.807, 2.05) is 0 Å². The fourth-order valence-electron chi connectivity index (χ4n) is 3.19. The molecule has 1 heterocycles. The van der Waals surface area contributed by atoms with E-state index in [2.05, 4.69) is 10.3 Å². The van der Waals surface area contributed by atoms with Crippen LogP contribution in [0.25, 0.3) is 5.69 Å². The largest absolute Gasteiger partial charge is 0.330 e. The van der Waals surface area contributed by atoms with Gasteiger partial charge in [-0.25, -0.2) is 9.07 Å². The van der Waals surface area contributed by atoms with Gasteiger partial charge >= 0.3 is 0 Å². The highest BCUT2D eigenvalue weighted by Gasteiger charge is 2.35. The number of non-ortho nitro benzene ring substituents is 1. The van der Waals surface area contributed by atoms with Gasteiger partial charge in [-0.2, -0.15) is 0 Å². The van der Waals surface area contributed by atoms with Gasteiger partial charge in [0.1, 0.15) is 5.82 Å². The van der Waals surface area contributed by atoms with Gasteiger partial charge in [0.25, 0.3) is 11.6 Å². The molecule has 1 saturated carbocycles. The van der Waals surface area contributed by atoms with Gasteiger partial charge in [-0.05, 0) is 43.5 Å². The van der Waals surface area contributed by atoms with E-state index in [1.165, 1.54) is 28.9 Å². The van der Waals surface area contributed by atoms with Crippen LogP contribution >= 0.6 is 0 Å². The lowest BCUT2D eigenvalue weighted by molar-refractivity contribution is -0.384. The first-order valence-electron chi connectivity index (χ1n) is 9.16. The van der Waals surface area contributed by atoms with Crippen LogP contribution < -0.4 is 0 Å². The summed E-state index contributed by atoms with van der Waals surface area (Å²) in [4.78, 5) is 25.4. The van der Waals surface area contributed by atoms with Gasteiger partial charge in [-0.1, -0.05) is 23.4 Å². The third-order valence-electron chi connectivity index (χ3n) is 4.90. The highest BCUT2D eigenvalue weighted by atomic mass is 19.1. The van der Waals surface area contributed by atoms with Crippen molar-refractivity contribution in [1.29, 1.82) is 0 Å². The Balaban J connectivity index is 1.62. The van der Waals surface area contributed by atoms with Crippen molar-refractivity contribution < 1.29 is 14.1 Å². The SMILES string of the molecule is Cc1c(C(=O)N(Cc2ccc(F)cc2)C2CC2)nnn1-c1cccc([N+](=O)[O-])c1. The van der Waals surface area contributed by atoms with Gasteiger partial charge < -0.3 is 4.90 Å². The summed E-state index contributed by atoms with van der Waals surface area (Å²) < 4.78 is 14.6. The molecule has 8 nitrogen and oxygen atoms in total. The number of nitro groups is 1. The van der Waals surface area contributed by atoms with Gasteiger partial charge in [0.2, 0.25) is 0 Å². The Labute approximate surface area is 165 Å². The molecule has 0 atom stereocenters. The molecule has 1 fully saturated rings. The minimum Gasteiger partial charge on any atom is -0.330 e. The number of halogens is 1.